The van der Waals surface area contributed by atoms with Crippen LogP contribution >= 0.6 is 15.9 Å². The molecule has 2 atom stereocenters. The van der Waals surface area contributed by atoms with Crippen LogP contribution < -0.4 is 14.5 Å². The van der Waals surface area contributed by atoms with E-state index in [1.54, 1.807) is 21.9 Å². The van der Waals surface area contributed by atoms with Crippen molar-refractivity contribution in [1.82, 2.24) is 0 Å². The van der Waals surface area contributed by atoms with Gasteiger partial charge in [0, 0.05) is 10.2 Å². The van der Waals surface area contributed by atoms with E-state index in [0.717, 1.165) is 4.47 Å². The first kappa shape index (κ1) is 17.4. The van der Waals surface area contributed by atoms with Crippen molar-refractivity contribution < 1.29 is 17.9 Å². The minimum Gasteiger partial charge on any atom is -0.495 e. The van der Waals surface area contributed by atoms with E-state index in [4.69, 9.17) is 4.74 Å². The maximum Gasteiger partial charge on any atom is 0.329 e. The average molecular weight is 437 g/mol. The number of halogens is 1. The fourth-order valence-corrected chi connectivity index (χ4v) is 5.90. The molecule has 0 bridgehead atoms. The van der Waals surface area contributed by atoms with E-state index < -0.39 is 21.9 Å². The molecule has 0 N–H and O–H groups in total. The maximum atomic E-state index is 13.3. The third kappa shape index (κ3) is 2.77. The van der Waals surface area contributed by atoms with Gasteiger partial charge in [0.2, 0.25) is 0 Å². The highest BCUT2D eigenvalue weighted by Crippen LogP contribution is 2.41. The number of rotatable bonds is 3. The summed E-state index contributed by atoms with van der Waals surface area (Å²) in [5.74, 6) is 0.459. The number of para-hydroxylation sites is 2. The predicted molar refractivity (Wildman–Crippen MR) is 104 cm³/mol. The lowest BCUT2D eigenvalue weighted by molar-refractivity contribution is 0.255. The zero-order valence-corrected chi connectivity index (χ0v) is 16.4. The molecule has 2 aliphatic rings. The molecule has 0 spiro atoms. The first-order chi connectivity index (χ1) is 12.4. The van der Waals surface area contributed by atoms with Crippen molar-refractivity contribution >= 4 is 43.2 Å². The topological polar surface area (TPSA) is 66.9 Å². The number of ether oxygens (including phenoxy) is 1. The zero-order valence-electron chi connectivity index (χ0n) is 14.0. The third-order valence-corrected chi connectivity index (χ3v) is 7.05. The largest absolute Gasteiger partial charge is 0.495 e. The lowest BCUT2D eigenvalue weighted by Gasteiger charge is -2.24. The van der Waals surface area contributed by atoms with Crippen molar-refractivity contribution in [2.24, 2.45) is 0 Å². The van der Waals surface area contributed by atoms with Crippen LogP contribution in [-0.2, 0) is 9.84 Å². The molecule has 6 nitrogen and oxygen atoms in total. The number of carbonyl (C=O) groups is 1. The van der Waals surface area contributed by atoms with Crippen LogP contribution in [0.15, 0.2) is 53.0 Å². The minimum atomic E-state index is -3.22. The van der Waals surface area contributed by atoms with E-state index in [1.165, 1.54) is 7.11 Å². The van der Waals surface area contributed by atoms with Crippen LogP contribution in [0.4, 0.5) is 16.2 Å². The van der Waals surface area contributed by atoms with Crippen LogP contribution in [0.25, 0.3) is 0 Å². The Bertz CT molecular complexity index is 961. The van der Waals surface area contributed by atoms with E-state index in [2.05, 4.69) is 15.9 Å². The molecule has 0 unspecified atom stereocenters. The van der Waals surface area contributed by atoms with Gasteiger partial charge in [-0.3, -0.25) is 9.80 Å². The number of urea groups is 1. The first-order valence-electron chi connectivity index (χ1n) is 8.13. The van der Waals surface area contributed by atoms with Crippen molar-refractivity contribution in [3.8, 4) is 5.75 Å². The van der Waals surface area contributed by atoms with Gasteiger partial charge in [-0.25, -0.2) is 13.2 Å². The van der Waals surface area contributed by atoms with Crippen molar-refractivity contribution in [3.63, 3.8) is 0 Å². The second-order valence-electron chi connectivity index (χ2n) is 6.38. The highest BCUT2D eigenvalue weighted by Gasteiger charge is 2.54. The molecule has 0 aromatic heterocycles. The second-order valence-corrected chi connectivity index (χ2v) is 9.45. The van der Waals surface area contributed by atoms with Crippen molar-refractivity contribution in [2.75, 3.05) is 28.4 Å². The molecule has 26 heavy (non-hydrogen) atoms. The smallest absolute Gasteiger partial charge is 0.329 e. The Morgan fingerprint density at radius 3 is 2.27 bits per heavy atom. The fraction of sp³-hybridized carbons (Fsp3) is 0.278. The Morgan fingerprint density at radius 2 is 1.62 bits per heavy atom. The van der Waals surface area contributed by atoms with Gasteiger partial charge in [0.1, 0.15) is 5.75 Å². The van der Waals surface area contributed by atoms with Crippen LogP contribution in [0.3, 0.4) is 0 Å². The monoisotopic (exact) mass is 436 g/mol. The number of anilines is 2. The SMILES string of the molecule is COc1ccccc1N1C(=O)N(c2ccc(Br)cc2)[C@@H]2CS(=O)(=O)C[C@@H]21. The lowest BCUT2D eigenvalue weighted by Crippen LogP contribution is -2.38. The number of hydrogen-bond acceptors (Lipinski definition) is 4. The van der Waals surface area contributed by atoms with Crippen molar-refractivity contribution in [1.29, 1.82) is 0 Å². The number of methoxy groups -OCH3 is 1. The van der Waals surface area contributed by atoms with Gasteiger partial charge < -0.3 is 4.74 Å². The van der Waals surface area contributed by atoms with Gasteiger partial charge in [-0.05, 0) is 36.4 Å². The summed E-state index contributed by atoms with van der Waals surface area (Å²) < 4.78 is 30.9. The number of carbonyl (C=O) groups excluding carboxylic acids is 1. The number of nitrogens with zero attached hydrogens (tertiary/aromatic N) is 2. The Hall–Kier alpha value is -2.06. The fourth-order valence-electron chi connectivity index (χ4n) is 3.72. The Morgan fingerprint density at radius 1 is 1.00 bits per heavy atom. The highest BCUT2D eigenvalue weighted by molar-refractivity contribution is 9.10. The summed E-state index contributed by atoms with van der Waals surface area (Å²) in [6, 6.07) is 13.4. The van der Waals surface area contributed by atoms with Crippen molar-refractivity contribution in [3.05, 3.63) is 53.0 Å². The summed E-state index contributed by atoms with van der Waals surface area (Å²) in [7, 11) is -1.69. The molecule has 2 saturated heterocycles. The van der Waals surface area contributed by atoms with Gasteiger partial charge >= 0.3 is 6.03 Å². The summed E-state index contributed by atoms with van der Waals surface area (Å²) >= 11 is 3.38. The molecule has 2 heterocycles. The lowest BCUT2D eigenvalue weighted by atomic mass is 10.1. The molecule has 0 saturated carbocycles. The van der Waals surface area contributed by atoms with E-state index in [-0.39, 0.29) is 17.5 Å². The van der Waals surface area contributed by atoms with E-state index in [1.807, 2.05) is 36.4 Å². The summed E-state index contributed by atoms with van der Waals surface area (Å²) in [6.45, 7) is 0. The number of benzene rings is 2. The number of fused-ring (bicyclic) bond motifs is 1. The standard InChI is InChI=1S/C18H17BrN2O4S/c1-25-17-5-3-2-4-14(17)21-16-11-26(23,24)10-15(16)20(18(21)22)13-8-6-12(19)7-9-13/h2-9,15-16H,10-11H2,1H3/t15-,16+/m1/s1. The molecule has 2 fully saturated rings. The summed E-state index contributed by atoms with van der Waals surface area (Å²) in [6.07, 6.45) is 0. The van der Waals surface area contributed by atoms with Crippen LogP contribution in [-0.4, -0.2) is 45.1 Å². The van der Waals surface area contributed by atoms with Crippen LogP contribution in [0.5, 0.6) is 5.75 Å². The van der Waals surface area contributed by atoms with Crippen LogP contribution in [0, 0.1) is 0 Å². The first-order valence-corrected chi connectivity index (χ1v) is 10.7. The van der Waals surface area contributed by atoms with Gasteiger partial charge in [-0.1, -0.05) is 28.1 Å². The molecular formula is C18H17BrN2O4S. The zero-order chi connectivity index (χ0) is 18.5. The van der Waals surface area contributed by atoms with E-state index >= 15 is 0 Å². The predicted octanol–water partition coefficient (Wildman–Crippen LogP) is 3.07. The van der Waals surface area contributed by atoms with Crippen molar-refractivity contribution in [2.45, 2.75) is 12.1 Å². The molecule has 136 valence electrons. The molecule has 2 amide bonds. The van der Waals surface area contributed by atoms with Gasteiger partial charge in [0.15, 0.2) is 9.84 Å². The summed E-state index contributed by atoms with van der Waals surface area (Å²) in [4.78, 5) is 16.4. The summed E-state index contributed by atoms with van der Waals surface area (Å²) in [5, 5.41) is 0. The molecule has 4 rings (SSSR count). The Kier molecular flexibility index (Phi) is 4.19. The Balaban J connectivity index is 1.83. The van der Waals surface area contributed by atoms with E-state index in [0.29, 0.717) is 17.1 Å². The molecule has 2 aromatic carbocycles. The molecule has 2 aromatic rings. The number of sulfone groups is 1. The maximum absolute atomic E-state index is 13.3. The molecule has 0 aliphatic carbocycles. The van der Waals surface area contributed by atoms with Gasteiger partial charge in [0.05, 0.1) is 36.4 Å². The Labute approximate surface area is 160 Å². The van der Waals surface area contributed by atoms with E-state index in [9.17, 15) is 13.2 Å². The number of amides is 2. The third-order valence-electron chi connectivity index (χ3n) is 4.82. The normalized spacial score (nSPS) is 24.0. The van der Waals surface area contributed by atoms with Crippen LogP contribution in [0.2, 0.25) is 0 Å². The highest BCUT2D eigenvalue weighted by atomic mass is 79.9. The molecule has 2 aliphatic heterocycles. The quantitative estimate of drug-likeness (QED) is 0.693. The van der Waals surface area contributed by atoms with Gasteiger partial charge in [-0.2, -0.15) is 0 Å². The van der Waals surface area contributed by atoms with Gasteiger partial charge in [-0.15, -0.1) is 0 Å². The minimum absolute atomic E-state index is 0.0366. The summed E-state index contributed by atoms with van der Waals surface area (Å²) in [5.41, 5.74) is 1.27. The molecular weight excluding hydrogens is 420 g/mol. The second kappa shape index (κ2) is 6.28. The van der Waals surface area contributed by atoms with Crippen LogP contribution in [0.1, 0.15) is 0 Å². The molecule has 8 heteroatoms. The molecule has 0 radical (unpaired) electrons. The average Bonchev–Trinajstić information content (AvgIpc) is 3.04. The number of hydrogen-bond donors (Lipinski definition) is 0. The van der Waals surface area contributed by atoms with Gasteiger partial charge in [0.25, 0.3) is 0 Å².